The summed E-state index contributed by atoms with van der Waals surface area (Å²) in [6.45, 7) is 1.45. The first-order chi connectivity index (χ1) is 8.18. The van der Waals surface area contributed by atoms with Crippen LogP contribution >= 0.6 is 0 Å². The number of rotatable bonds is 5. The van der Waals surface area contributed by atoms with Crippen molar-refractivity contribution in [1.82, 2.24) is 0 Å². The van der Waals surface area contributed by atoms with Crippen molar-refractivity contribution < 1.29 is 4.74 Å². The molecule has 0 radical (unpaired) electrons. The van der Waals surface area contributed by atoms with Crippen molar-refractivity contribution in [3.63, 3.8) is 0 Å². The lowest BCUT2D eigenvalue weighted by Gasteiger charge is -2.02. The summed E-state index contributed by atoms with van der Waals surface area (Å²) in [5, 5.41) is 0. The molecule has 0 saturated carbocycles. The highest BCUT2D eigenvalue weighted by molar-refractivity contribution is 5.92. The van der Waals surface area contributed by atoms with Crippen molar-refractivity contribution in [3.05, 3.63) is 35.9 Å². The molecule has 0 aromatic heterocycles. The Balaban J connectivity index is 2.19. The number of ether oxygens (including phenoxy) is 1. The average molecular weight is 235 g/mol. The second-order valence-electron chi connectivity index (χ2n) is 3.31. The van der Waals surface area contributed by atoms with E-state index >= 15 is 0 Å². The van der Waals surface area contributed by atoms with Gasteiger partial charge in [-0.05, 0) is 5.56 Å². The standard InChI is InChI=1S/C11H17N5O/c12-10(13)16-11(14)15-6-7-17-8-9-4-2-1-3-5-9/h1-5H,6-8H2,(H6,12,13,14,15,16). The predicted molar refractivity (Wildman–Crippen MR) is 68.4 cm³/mol. The highest BCUT2D eigenvalue weighted by Crippen LogP contribution is 1.99. The molecule has 92 valence electrons. The summed E-state index contributed by atoms with van der Waals surface area (Å²) < 4.78 is 5.40. The Hall–Kier alpha value is -2.08. The van der Waals surface area contributed by atoms with Crippen LogP contribution in [0.2, 0.25) is 0 Å². The van der Waals surface area contributed by atoms with E-state index < -0.39 is 0 Å². The van der Waals surface area contributed by atoms with Crippen LogP contribution in [0.3, 0.4) is 0 Å². The van der Waals surface area contributed by atoms with Crippen molar-refractivity contribution in [3.8, 4) is 0 Å². The fraction of sp³-hybridized carbons (Fsp3) is 0.273. The van der Waals surface area contributed by atoms with Crippen LogP contribution in [0.4, 0.5) is 0 Å². The second-order valence-corrected chi connectivity index (χ2v) is 3.31. The number of hydrogen-bond donors (Lipinski definition) is 3. The summed E-state index contributed by atoms with van der Waals surface area (Å²) in [6.07, 6.45) is 0. The first-order valence-corrected chi connectivity index (χ1v) is 5.19. The topological polar surface area (TPSA) is 112 Å². The molecule has 6 heteroatoms. The molecule has 0 bridgehead atoms. The first kappa shape index (κ1) is 13.0. The number of hydrogen-bond acceptors (Lipinski definition) is 2. The molecular formula is C11H17N5O. The van der Waals surface area contributed by atoms with Crippen LogP contribution in [0.5, 0.6) is 0 Å². The number of nitrogens with two attached hydrogens (primary N) is 3. The molecule has 6 nitrogen and oxygen atoms in total. The molecule has 0 amide bonds. The molecule has 1 rings (SSSR count). The maximum Gasteiger partial charge on any atom is 0.218 e. The molecule has 0 fully saturated rings. The number of aliphatic imine (C=N–C) groups is 2. The minimum atomic E-state index is -0.101. The Morgan fingerprint density at radius 2 is 1.82 bits per heavy atom. The van der Waals surface area contributed by atoms with E-state index in [4.69, 9.17) is 21.9 Å². The molecule has 0 aliphatic heterocycles. The highest BCUT2D eigenvalue weighted by Gasteiger charge is 1.92. The third-order valence-electron chi connectivity index (χ3n) is 1.86. The van der Waals surface area contributed by atoms with E-state index in [1.165, 1.54) is 0 Å². The van der Waals surface area contributed by atoms with Crippen LogP contribution in [-0.2, 0) is 11.3 Å². The van der Waals surface area contributed by atoms with E-state index in [0.29, 0.717) is 19.8 Å². The van der Waals surface area contributed by atoms with Gasteiger partial charge < -0.3 is 21.9 Å². The van der Waals surface area contributed by atoms with Crippen molar-refractivity contribution in [2.75, 3.05) is 13.2 Å². The van der Waals surface area contributed by atoms with Gasteiger partial charge >= 0.3 is 0 Å². The molecule has 0 saturated heterocycles. The van der Waals surface area contributed by atoms with E-state index in [1.807, 2.05) is 30.3 Å². The van der Waals surface area contributed by atoms with Crippen LogP contribution in [0.25, 0.3) is 0 Å². The molecule has 1 aromatic carbocycles. The van der Waals surface area contributed by atoms with Gasteiger partial charge in [0, 0.05) is 0 Å². The molecule has 17 heavy (non-hydrogen) atoms. The number of guanidine groups is 2. The summed E-state index contributed by atoms with van der Waals surface area (Å²) >= 11 is 0. The largest absolute Gasteiger partial charge is 0.375 e. The Morgan fingerprint density at radius 3 is 2.47 bits per heavy atom. The van der Waals surface area contributed by atoms with Crippen LogP contribution in [0.1, 0.15) is 5.56 Å². The quantitative estimate of drug-likeness (QED) is 0.372. The number of benzene rings is 1. The lowest BCUT2D eigenvalue weighted by atomic mass is 10.2. The lowest BCUT2D eigenvalue weighted by molar-refractivity contribution is 0.128. The third-order valence-corrected chi connectivity index (χ3v) is 1.86. The van der Waals surface area contributed by atoms with Gasteiger partial charge in [-0.2, -0.15) is 4.99 Å². The van der Waals surface area contributed by atoms with Crippen molar-refractivity contribution in [2.45, 2.75) is 6.61 Å². The molecule has 0 aliphatic rings. The van der Waals surface area contributed by atoms with Gasteiger partial charge in [-0.3, -0.25) is 0 Å². The molecule has 1 aromatic rings. The van der Waals surface area contributed by atoms with Gasteiger partial charge in [0.15, 0.2) is 5.96 Å². The Kier molecular flexibility index (Phi) is 5.53. The summed E-state index contributed by atoms with van der Waals surface area (Å²) in [6, 6.07) is 9.89. The van der Waals surface area contributed by atoms with Crippen LogP contribution in [0.15, 0.2) is 40.3 Å². The average Bonchev–Trinajstić information content (AvgIpc) is 2.29. The summed E-state index contributed by atoms with van der Waals surface area (Å²) in [5.74, 6) is -0.0373. The van der Waals surface area contributed by atoms with Crippen LogP contribution in [-0.4, -0.2) is 25.1 Å². The van der Waals surface area contributed by atoms with Gasteiger partial charge in [0.2, 0.25) is 5.96 Å². The Labute approximate surface area is 100 Å². The lowest BCUT2D eigenvalue weighted by Crippen LogP contribution is -2.26. The SMILES string of the molecule is NC(N)=NC(N)=NCCOCc1ccccc1. The van der Waals surface area contributed by atoms with Gasteiger partial charge in [0.05, 0.1) is 19.8 Å². The smallest absolute Gasteiger partial charge is 0.218 e. The van der Waals surface area contributed by atoms with E-state index in [1.54, 1.807) is 0 Å². The molecular weight excluding hydrogens is 218 g/mol. The monoisotopic (exact) mass is 235 g/mol. The molecule has 0 heterocycles. The first-order valence-electron chi connectivity index (χ1n) is 5.19. The maximum atomic E-state index is 5.41. The Morgan fingerprint density at radius 1 is 1.12 bits per heavy atom. The zero-order valence-electron chi connectivity index (χ0n) is 9.54. The van der Waals surface area contributed by atoms with Gasteiger partial charge in [0.25, 0.3) is 0 Å². The van der Waals surface area contributed by atoms with Crippen LogP contribution < -0.4 is 17.2 Å². The molecule has 6 N–H and O–H groups in total. The molecule has 0 aliphatic carbocycles. The summed E-state index contributed by atoms with van der Waals surface area (Å²) in [5.41, 5.74) is 16.8. The summed E-state index contributed by atoms with van der Waals surface area (Å²) in [4.78, 5) is 7.50. The molecule has 0 unspecified atom stereocenters. The predicted octanol–water partition coefficient (Wildman–Crippen LogP) is -0.209. The van der Waals surface area contributed by atoms with E-state index in [2.05, 4.69) is 9.98 Å². The zero-order chi connectivity index (χ0) is 12.5. The van der Waals surface area contributed by atoms with E-state index in [0.717, 1.165) is 5.56 Å². The van der Waals surface area contributed by atoms with Gasteiger partial charge in [-0.15, -0.1) is 0 Å². The second kappa shape index (κ2) is 7.24. The fourth-order valence-corrected chi connectivity index (χ4v) is 1.16. The zero-order valence-corrected chi connectivity index (χ0v) is 9.54. The van der Waals surface area contributed by atoms with Crippen molar-refractivity contribution >= 4 is 11.9 Å². The van der Waals surface area contributed by atoms with Crippen molar-refractivity contribution in [1.29, 1.82) is 0 Å². The van der Waals surface area contributed by atoms with E-state index in [-0.39, 0.29) is 11.9 Å². The highest BCUT2D eigenvalue weighted by atomic mass is 16.5. The fourth-order valence-electron chi connectivity index (χ4n) is 1.16. The molecule has 0 atom stereocenters. The maximum absolute atomic E-state index is 5.41. The summed E-state index contributed by atoms with van der Waals surface area (Å²) in [7, 11) is 0. The minimum Gasteiger partial charge on any atom is -0.375 e. The van der Waals surface area contributed by atoms with Crippen molar-refractivity contribution in [2.24, 2.45) is 27.2 Å². The number of nitrogens with zero attached hydrogens (tertiary/aromatic N) is 2. The molecule has 0 spiro atoms. The van der Waals surface area contributed by atoms with Gasteiger partial charge in [-0.25, -0.2) is 4.99 Å². The van der Waals surface area contributed by atoms with Gasteiger partial charge in [0.1, 0.15) is 0 Å². The van der Waals surface area contributed by atoms with Crippen LogP contribution in [0, 0.1) is 0 Å². The third kappa shape index (κ3) is 6.16. The minimum absolute atomic E-state index is 0.0633. The normalized spacial score (nSPS) is 11.2. The van der Waals surface area contributed by atoms with Gasteiger partial charge in [-0.1, -0.05) is 30.3 Å². The Bertz CT molecular complexity index is 384. The van der Waals surface area contributed by atoms with E-state index in [9.17, 15) is 0 Å².